The lowest BCUT2D eigenvalue weighted by Crippen LogP contribution is -2.14. The summed E-state index contributed by atoms with van der Waals surface area (Å²) in [6.07, 6.45) is 2.39. The summed E-state index contributed by atoms with van der Waals surface area (Å²) < 4.78 is 0. The summed E-state index contributed by atoms with van der Waals surface area (Å²) in [7, 11) is 0. The highest BCUT2D eigenvalue weighted by atomic mass is 16.1. The van der Waals surface area contributed by atoms with Crippen LogP contribution in [0.4, 0.5) is 0 Å². The quantitative estimate of drug-likeness (QED) is 0.774. The maximum atomic E-state index is 11.9. The van der Waals surface area contributed by atoms with Crippen LogP contribution in [0.1, 0.15) is 47.7 Å². The molecule has 1 unspecified atom stereocenters. The van der Waals surface area contributed by atoms with Gasteiger partial charge >= 0.3 is 0 Å². The number of aryl methyl sites for hydroxylation is 2. The van der Waals surface area contributed by atoms with Gasteiger partial charge in [-0.2, -0.15) is 0 Å². The second-order valence-corrected chi connectivity index (χ2v) is 4.67. The summed E-state index contributed by atoms with van der Waals surface area (Å²) in [5, 5.41) is 0. The average molecular weight is 219 g/mol. The Labute approximate surface area is 97.9 Å². The van der Waals surface area contributed by atoms with Crippen LogP contribution in [0, 0.1) is 13.8 Å². The number of hydrogen-bond acceptors (Lipinski definition) is 2. The lowest BCUT2D eigenvalue weighted by atomic mass is 10.0. The molecule has 0 bridgehead atoms. The lowest BCUT2D eigenvalue weighted by molar-refractivity contribution is 0.0979. The van der Waals surface area contributed by atoms with Crippen molar-refractivity contribution < 1.29 is 4.79 Å². The van der Waals surface area contributed by atoms with Crippen LogP contribution in [-0.4, -0.2) is 11.8 Å². The van der Waals surface area contributed by atoms with Gasteiger partial charge in [-0.05, 0) is 45.7 Å². The zero-order chi connectivity index (χ0) is 12.1. The van der Waals surface area contributed by atoms with E-state index >= 15 is 0 Å². The van der Waals surface area contributed by atoms with E-state index < -0.39 is 0 Å². The minimum Gasteiger partial charge on any atom is -0.328 e. The Balaban J connectivity index is 2.59. The molecule has 0 fully saturated rings. The molecule has 2 N–H and O–H groups in total. The Morgan fingerprint density at radius 3 is 2.31 bits per heavy atom. The van der Waals surface area contributed by atoms with E-state index in [2.05, 4.69) is 6.07 Å². The van der Waals surface area contributed by atoms with Gasteiger partial charge in [-0.1, -0.05) is 17.2 Å². The van der Waals surface area contributed by atoms with Gasteiger partial charge in [-0.3, -0.25) is 4.79 Å². The Hall–Kier alpha value is -1.15. The minimum atomic E-state index is 0.187. The summed E-state index contributed by atoms with van der Waals surface area (Å²) in [5.74, 6) is 0.229. The van der Waals surface area contributed by atoms with Crippen molar-refractivity contribution >= 4 is 5.78 Å². The van der Waals surface area contributed by atoms with Gasteiger partial charge in [-0.15, -0.1) is 0 Å². The van der Waals surface area contributed by atoms with Gasteiger partial charge in [0.05, 0.1) is 0 Å². The van der Waals surface area contributed by atoms with E-state index in [1.54, 1.807) is 0 Å². The zero-order valence-corrected chi connectivity index (χ0v) is 10.4. The minimum absolute atomic E-state index is 0.187. The summed E-state index contributed by atoms with van der Waals surface area (Å²) >= 11 is 0. The van der Waals surface area contributed by atoms with Crippen molar-refractivity contribution in [2.45, 2.75) is 46.1 Å². The number of carbonyl (C=O) groups excluding carboxylic acids is 1. The molecule has 0 aliphatic carbocycles. The third kappa shape index (κ3) is 4.15. The smallest absolute Gasteiger partial charge is 0.162 e. The topological polar surface area (TPSA) is 43.1 Å². The largest absolute Gasteiger partial charge is 0.328 e. The maximum Gasteiger partial charge on any atom is 0.162 e. The number of nitrogens with two attached hydrogens (primary N) is 1. The van der Waals surface area contributed by atoms with Crippen molar-refractivity contribution in [2.75, 3.05) is 0 Å². The van der Waals surface area contributed by atoms with Crippen LogP contribution >= 0.6 is 0 Å². The Bertz CT molecular complexity index is 349. The van der Waals surface area contributed by atoms with Crippen LogP contribution in [0.25, 0.3) is 0 Å². The predicted molar refractivity (Wildman–Crippen MR) is 67.7 cm³/mol. The van der Waals surface area contributed by atoms with Gasteiger partial charge in [0.15, 0.2) is 5.78 Å². The number of carbonyl (C=O) groups is 1. The van der Waals surface area contributed by atoms with Gasteiger partial charge < -0.3 is 5.73 Å². The fourth-order valence-corrected chi connectivity index (χ4v) is 1.86. The van der Waals surface area contributed by atoms with Crippen LogP contribution in [0.5, 0.6) is 0 Å². The van der Waals surface area contributed by atoms with E-state index in [4.69, 9.17) is 5.73 Å². The highest BCUT2D eigenvalue weighted by Crippen LogP contribution is 2.12. The first-order valence-electron chi connectivity index (χ1n) is 5.86. The summed E-state index contributed by atoms with van der Waals surface area (Å²) in [6, 6.07) is 6.19. The van der Waals surface area contributed by atoms with E-state index in [1.165, 1.54) is 0 Å². The van der Waals surface area contributed by atoms with E-state index in [0.29, 0.717) is 6.42 Å². The Morgan fingerprint density at radius 1 is 1.25 bits per heavy atom. The zero-order valence-electron chi connectivity index (χ0n) is 10.4. The summed E-state index contributed by atoms with van der Waals surface area (Å²) in [5.41, 5.74) is 8.79. The third-order valence-electron chi connectivity index (χ3n) is 2.61. The van der Waals surface area contributed by atoms with Crippen LogP contribution in [0.3, 0.4) is 0 Å². The second kappa shape index (κ2) is 5.80. The molecule has 0 heterocycles. The van der Waals surface area contributed by atoms with Crippen molar-refractivity contribution in [1.29, 1.82) is 0 Å². The van der Waals surface area contributed by atoms with Gasteiger partial charge in [0, 0.05) is 18.0 Å². The number of rotatable bonds is 5. The fraction of sp³-hybridized carbons (Fsp3) is 0.500. The molecule has 2 heteroatoms. The number of ketones is 1. The normalized spacial score (nSPS) is 12.5. The van der Waals surface area contributed by atoms with E-state index in [0.717, 1.165) is 29.5 Å². The van der Waals surface area contributed by atoms with E-state index in [9.17, 15) is 4.79 Å². The number of hydrogen-bond donors (Lipinski definition) is 1. The molecule has 1 aromatic carbocycles. The molecule has 0 saturated heterocycles. The molecule has 0 saturated carbocycles. The lowest BCUT2D eigenvalue weighted by Gasteiger charge is -2.06. The average Bonchev–Trinajstić information content (AvgIpc) is 2.15. The maximum absolute atomic E-state index is 11.9. The molecular formula is C14H21NO. The van der Waals surface area contributed by atoms with E-state index in [1.807, 2.05) is 32.9 Å². The van der Waals surface area contributed by atoms with E-state index in [-0.39, 0.29) is 11.8 Å². The molecule has 1 aromatic rings. The molecule has 0 aliphatic rings. The molecule has 0 spiro atoms. The summed E-state index contributed by atoms with van der Waals surface area (Å²) in [6.45, 7) is 6.01. The van der Waals surface area contributed by atoms with Crippen LogP contribution in [-0.2, 0) is 0 Å². The van der Waals surface area contributed by atoms with Crippen molar-refractivity contribution in [3.8, 4) is 0 Å². The monoisotopic (exact) mass is 219 g/mol. The van der Waals surface area contributed by atoms with Gasteiger partial charge in [0.1, 0.15) is 0 Å². The molecule has 0 amide bonds. The number of Topliss-reactive ketones (excluding diaryl/α,β-unsaturated/α-hetero) is 1. The van der Waals surface area contributed by atoms with Crippen molar-refractivity contribution in [3.63, 3.8) is 0 Å². The first kappa shape index (κ1) is 12.9. The predicted octanol–water partition coefficient (Wildman–Crippen LogP) is 3.00. The highest BCUT2D eigenvalue weighted by molar-refractivity contribution is 5.96. The SMILES string of the molecule is Cc1cc(C)cc(C(=O)CCCC(C)N)c1. The summed E-state index contributed by atoms with van der Waals surface area (Å²) in [4.78, 5) is 11.9. The van der Waals surface area contributed by atoms with Crippen molar-refractivity contribution in [3.05, 3.63) is 34.9 Å². The fourth-order valence-electron chi connectivity index (χ4n) is 1.86. The molecule has 1 rings (SSSR count). The molecule has 16 heavy (non-hydrogen) atoms. The Kier molecular flexibility index (Phi) is 4.69. The van der Waals surface area contributed by atoms with Crippen LogP contribution in [0.2, 0.25) is 0 Å². The standard InChI is InChI=1S/C14H21NO/c1-10-7-11(2)9-13(8-10)14(16)6-4-5-12(3)15/h7-9,12H,4-6,15H2,1-3H3. The molecule has 88 valence electrons. The second-order valence-electron chi connectivity index (χ2n) is 4.67. The van der Waals surface area contributed by atoms with Gasteiger partial charge in [0.2, 0.25) is 0 Å². The van der Waals surface area contributed by atoms with Crippen molar-refractivity contribution in [2.24, 2.45) is 5.73 Å². The van der Waals surface area contributed by atoms with Crippen LogP contribution in [0.15, 0.2) is 18.2 Å². The van der Waals surface area contributed by atoms with Gasteiger partial charge in [-0.25, -0.2) is 0 Å². The molecule has 2 nitrogen and oxygen atoms in total. The van der Waals surface area contributed by atoms with Gasteiger partial charge in [0.25, 0.3) is 0 Å². The van der Waals surface area contributed by atoms with Crippen molar-refractivity contribution in [1.82, 2.24) is 0 Å². The Morgan fingerprint density at radius 2 is 1.81 bits per heavy atom. The first-order valence-corrected chi connectivity index (χ1v) is 5.86. The third-order valence-corrected chi connectivity index (χ3v) is 2.61. The number of benzene rings is 1. The molecular weight excluding hydrogens is 198 g/mol. The molecule has 1 atom stereocenters. The van der Waals surface area contributed by atoms with Crippen LogP contribution < -0.4 is 5.73 Å². The highest BCUT2D eigenvalue weighted by Gasteiger charge is 2.07. The molecule has 0 aromatic heterocycles. The molecule has 0 radical (unpaired) electrons. The molecule has 0 aliphatic heterocycles. The first-order chi connectivity index (χ1) is 7.49.